The maximum Gasteiger partial charge on any atom is 0.441 e. The van der Waals surface area contributed by atoms with Crippen molar-refractivity contribution < 1.29 is 38.7 Å². The van der Waals surface area contributed by atoms with Gasteiger partial charge in [0, 0.05) is 0 Å². The van der Waals surface area contributed by atoms with Gasteiger partial charge in [-0.2, -0.15) is 0 Å². The van der Waals surface area contributed by atoms with Gasteiger partial charge >= 0.3 is 12.1 Å². The Morgan fingerprint density at radius 2 is 1.52 bits per heavy atom. The minimum Gasteiger partial charge on any atom is -0.481 e. The molecule has 31 heavy (non-hydrogen) atoms. The highest BCUT2D eigenvalue weighted by molar-refractivity contribution is 6.23. The van der Waals surface area contributed by atoms with Crippen LogP contribution in [-0.2, 0) is 25.8 Å². The topological polar surface area (TPSA) is 131 Å². The van der Waals surface area contributed by atoms with Gasteiger partial charge in [-0.25, -0.2) is 4.79 Å². The third-order valence-corrected chi connectivity index (χ3v) is 4.90. The molecule has 2 aromatic carbocycles. The molecule has 2 aliphatic rings. The molecule has 0 aromatic heterocycles. The van der Waals surface area contributed by atoms with Crippen molar-refractivity contribution in [2.24, 2.45) is 0 Å². The van der Waals surface area contributed by atoms with Crippen molar-refractivity contribution in [1.82, 2.24) is 9.96 Å². The van der Waals surface area contributed by atoms with Gasteiger partial charge in [0.15, 0.2) is 6.04 Å². The lowest BCUT2D eigenvalue weighted by atomic mass is 10.1. The molecule has 4 amide bonds. The monoisotopic (exact) mass is 424 g/mol. The lowest BCUT2D eigenvalue weighted by molar-refractivity contribution is -0.166. The van der Waals surface area contributed by atoms with Gasteiger partial charge in [-0.3, -0.25) is 28.9 Å². The van der Waals surface area contributed by atoms with E-state index in [1.165, 1.54) is 12.1 Å². The Hall–Kier alpha value is -4.05. The van der Waals surface area contributed by atoms with E-state index in [4.69, 9.17) is 9.57 Å². The van der Waals surface area contributed by atoms with Gasteiger partial charge in [-0.15, -0.1) is 5.06 Å². The summed E-state index contributed by atoms with van der Waals surface area (Å²) in [6, 6.07) is 13.0. The number of hydrogen-bond donors (Lipinski definition) is 1. The van der Waals surface area contributed by atoms with Crippen molar-refractivity contribution in [3.05, 3.63) is 71.3 Å². The molecule has 10 nitrogen and oxygen atoms in total. The fraction of sp³-hybridized carbons (Fsp3) is 0.190. The van der Waals surface area contributed by atoms with E-state index in [0.29, 0.717) is 10.5 Å². The maximum absolute atomic E-state index is 12.9. The summed E-state index contributed by atoms with van der Waals surface area (Å²) >= 11 is 0. The Morgan fingerprint density at radius 1 is 0.935 bits per heavy atom. The number of hydroxylamine groups is 2. The number of nitrogens with zero attached hydrogens (tertiary/aromatic N) is 2. The molecule has 2 heterocycles. The van der Waals surface area contributed by atoms with Gasteiger partial charge in [-0.05, 0) is 17.7 Å². The molecule has 0 radical (unpaired) electrons. The Labute approximate surface area is 175 Å². The minimum atomic E-state index is -1.62. The van der Waals surface area contributed by atoms with Crippen LogP contribution in [0.3, 0.4) is 0 Å². The quantitative estimate of drug-likeness (QED) is 0.717. The van der Waals surface area contributed by atoms with Crippen LogP contribution in [0.1, 0.15) is 32.7 Å². The van der Waals surface area contributed by atoms with E-state index in [1.807, 2.05) is 0 Å². The molecule has 0 spiro atoms. The van der Waals surface area contributed by atoms with Crippen LogP contribution in [0.2, 0.25) is 0 Å². The van der Waals surface area contributed by atoms with E-state index in [1.54, 1.807) is 42.5 Å². The summed E-state index contributed by atoms with van der Waals surface area (Å²) in [5.41, 5.74) is 0.820. The van der Waals surface area contributed by atoms with Gasteiger partial charge < -0.3 is 9.84 Å². The number of carbonyl (C=O) groups is 5. The molecule has 4 rings (SSSR count). The van der Waals surface area contributed by atoms with Crippen molar-refractivity contribution in [1.29, 1.82) is 0 Å². The summed E-state index contributed by atoms with van der Waals surface area (Å²) in [6.07, 6.45) is -3.34. The Kier molecular flexibility index (Phi) is 5.22. The van der Waals surface area contributed by atoms with E-state index in [0.717, 1.165) is 0 Å². The van der Waals surface area contributed by atoms with Crippen LogP contribution in [0.15, 0.2) is 54.6 Å². The highest BCUT2D eigenvalue weighted by Gasteiger charge is 2.55. The second kappa shape index (κ2) is 8.00. The number of aliphatic carboxylic acids is 1. The summed E-state index contributed by atoms with van der Waals surface area (Å²) < 4.78 is 5.07. The number of amides is 4. The van der Waals surface area contributed by atoms with Crippen LogP contribution >= 0.6 is 0 Å². The van der Waals surface area contributed by atoms with Crippen molar-refractivity contribution in [3.8, 4) is 0 Å². The predicted octanol–water partition coefficient (Wildman–Crippen LogP) is 1.61. The molecular formula is C21H16N2O8. The highest BCUT2D eigenvalue weighted by atomic mass is 16.7. The van der Waals surface area contributed by atoms with Crippen LogP contribution in [0, 0.1) is 0 Å². The van der Waals surface area contributed by atoms with Crippen molar-refractivity contribution in [3.63, 3.8) is 0 Å². The lowest BCUT2D eigenvalue weighted by Gasteiger charge is -2.22. The summed E-state index contributed by atoms with van der Waals surface area (Å²) in [5.74, 6) is -3.92. The summed E-state index contributed by atoms with van der Waals surface area (Å²) in [4.78, 5) is 68.1. The van der Waals surface area contributed by atoms with Crippen molar-refractivity contribution in [2.45, 2.75) is 25.2 Å². The normalized spacial score (nSPS) is 20.2. The van der Waals surface area contributed by atoms with Crippen LogP contribution in [0.25, 0.3) is 0 Å². The van der Waals surface area contributed by atoms with E-state index in [2.05, 4.69) is 0 Å². The van der Waals surface area contributed by atoms with Gasteiger partial charge in [0.25, 0.3) is 17.7 Å². The van der Waals surface area contributed by atoms with Crippen molar-refractivity contribution in [2.75, 3.05) is 0 Å². The second-order valence-electron chi connectivity index (χ2n) is 6.89. The molecule has 158 valence electrons. The fourth-order valence-electron chi connectivity index (χ4n) is 3.49. The molecule has 2 aliphatic heterocycles. The zero-order valence-electron chi connectivity index (χ0n) is 16.0. The standard InChI is InChI=1S/C21H16N2O8/c24-16(25)10-15-17(22-18(26)13-8-4-5-9-14(13)19(22)27)20(28)23(31-15)21(29)30-11-12-6-2-1-3-7-12/h1-9,15,17H,10-11H2,(H,24,25). The largest absolute Gasteiger partial charge is 0.481 e. The first-order valence-corrected chi connectivity index (χ1v) is 9.28. The number of ether oxygens (including phenoxy) is 1. The molecule has 1 fully saturated rings. The third-order valence-electron chi connectivity index (χ3n) is 4.90. The number of carboxylic acid groups (broad SMARTS) is 1. The number of rotatable bonds is 5. The molecule has 1 saturated heterocycles. The van der Waals surface area contributed by atoms with Gasteiger partial charge in [-0.1, -0.05) is 42.5 Å². The molecule has 2 atom stereocenters. The zero-order chi connectivity index (χ0) is 22.1. The molecule has 2 unspecified atom stereocenters. The number of fused-ring (bicyclic) bond motifs is 1. The van der Waals surface area contributed by atoms with E-state index < -0.39 is 48.4 Å². The molecular weight excluding hydrogens is 408 g/mol. The first-order valence-electron chi connectivity index (χ1n) is 9.28. The molecule has 0 saturated carbocycles. The number of hydrogen-bond acceptors (Lipinski definition) is 7. The lowest BCUT2D eigenvalue weighted by Crippen LogP contribution is -2.50. The van der Waals surface area contributed by atoms with Gasteiger partial charge in [0.1, 0.15) is 12.7 Å². The van der Waals surface area contributed by atoms with Crippen LogP contribution < -0.4 is 0 Å². The third kappa shape index (κ3) is 3.64. The summed E-state index contributed by atoms with van der Waals surface area (Å²) in [6.45, 7) is -0.159. The highest BCUT2D eigenvalue weighted by Crippen LogP contribution is 2.32. The van der Waals surface area contributed by atoms with E-state index in [-0.39, 0.29) is 22.8 Å². The first-order chi connectivity index (χ1) is 14.9. The number of carbonyl (C=O) groups excluding carboxylic acids is 4. The predicted molar refractivity (Wildman–Crippen MR) is 101 cm³/mol. The zero-order valence-corrected chi connectivity index (χ0v) is 16.0. The fourth-order valence-corrected chi connectivity index (χ4v) is 3.49. The average molecular weight is 424 g/mol. The minimum absolute atomic E-state index is 0.0829. The Morgan fingerprint density at radius 3 is 2.10 bits per heavy atom. The second-order valence-corrected chi connectivity index (χ2v) is 6.89. The summed E-state index contributed by atoms with van der Waals surface area (Å²) in [5, 5.41) is 9.46. The molecule has 2 aromatic rings. The van der Waals surface area contributed by atoms with Crippen molar-refractivity contribution >= 4 is 29.8 Å². The Balaban J connectivity index is 1.57. The number of imide groups is 2. The van der Waals surface area contributed by atoms with Crippen LogP contribution in [0.5, 0.6) is 0 Å². The SMILES string of the molecule is O=C(O)CC1ON(C(=O)OCc2ccccc2)C(=O)C1N1C(=O)c2ccccc2C1=O. The van der Waals surface area contributed by atoms with E-state index in [9.17, 15) is 29.1 Å². The average Bonchev–Trinajstić information content (AvgIpc) is 3.20. The van der Waals surface area contributed by atoms with Crippen LogP contribution in [0.4, 0.5) is 4.79 Å². The van der Waals surface area contributed by atoms with E-state index >= 15 is 0 Å². The number of carboxylic acids is 1. The van der Waals surface area contributed by atoms with Gasteiger partial charge in [0.2, 0.25) is 0 Å². The molecule has 1 N–H and O–H groups in total. The first kappa shape index (κ1) is 20.2. The molecule has 0 bridgehead atoms. The molecule has 10 heteroatoms. The van der Waals surface area contributed by atoms with Gasteiger partial charge in [0.05, 0.1) is 17.5 Å². The van der Waals surface area contributed by atoms with Crippen LogP contribution in [-0.4, -0.2) is 57.0 Å². The molecule has 0 aliphatic carbocycles. The Bertz CT molecular complexity index is 1050. The smallest absolute Gasteiger partial charge is 0.441 e. The number of benzene rings is 2. The summed E-state index contributed by atoms with van der Waals surface area (Å²) in [7, 11) is 0. The maximum atomic E-state index is 12.9.